The SMILES string of the molecule is CC(C)c1ccccc1OCC(=O)Nc1cccc(-c2ccc(N3CCOCC3)nn2)c1. The van der Waals surface area contributed by atoms with Crippen LogP contribution in [0.2, 0.25) is 0 Å². The normalized spacial score (nSPS) is 13.8. The highest BCUT2D eigenvalue weighted by atomic mass is 16.5. The van der Waals surface area contributed by atoms with E-state index in [-0.39, 0.29) is 12.5 Å². The molecule has 7 heteroatoms. The molecule has 1 aromatic heterocycles. The summed E-state index contributed by atoms with van der Waals surface area (Å²) in [5.74, 6) is 1.69. The summed E-state index contributed by atoms with van der Waals surface area (Å²) < 4.78 is 11.2. The molecule has 0 spiro atoms. The molecule has 166 valence electrons. The third-order valence-corrected chi connectivity index (χ3v) is 5.33. The van der Waals surface area contributed by atoms with E-state index in [1.807, 2.05) is 60.7 Å². The van der Waals surface area contributed by atoms with Gasteiger partial charge in [-0.2, -0.15) is 0 Å². The zero-order chi connectivity index (χ0) is 22.3. The van der Waals surface area contributed by atoms with E-state index < -0.39 is 0 Å². The van der Waals surface area contributed by atoms with Crippen molar-refractivity contribution in [3.63, 3.8) is 0 Å². The lowest BCUT2D eigenvalue weighted by Gasteiger charge is -2.27. The van der Waals surface area contributed by atoms with Crippen molar-refractivity contribution in [3.8, 4) is 17.0 Å². The van der Waals surface area contributed by atoms with E-state index in [2.05, 4.69) is 34.3 Å². The maximum Gasteiger partial charge on any atom is 0.262 e. The molecule has 0 atom stereocenters. The molecule has 1 fully saturated rings. The van der Waals surface area contributed by atoms with Crippen molar-refractivity contribution in [2.24, 2.45) is 0 Å². The molecule has 3 aromatic rings. The van der Waals surface area contributed by atoms with Gasteiger partial charge in [-0.05, 0) is 41.8 Å². The van der Waals surface area contributed by atoms with Gasteiger partial charge in [0.25, 0.3) is 5.91 Å². The number of nitrogens with zero attached hydrogens (tertiary/aromatic N) is 3. The van der Waals surface area contributed by atoms with Crippen LogP contribution in [0.1, 0.15) is 25.3 Å². The van der Waals surface area contributed by atoms with E-state index in [0.29, 0.717) is 24.8 Å². The topological polar surface area (TPSA) is 76.6 Å². The number of hydrogen-bond donors (Lipinski definition) is 1. The summed E-state index contributed by atoms with van der Waals surface area (Å²) in [5.41, 5.74) is 3.41. The standard InChI is InChI=1S/C25H28N4O3/c1-18(2)21-8-3-4-9-23(21)32-17-25(30)26-20-7-5-6-19(16-20)22-10-11-24(28-27-22)29-12-14-31-15-13-29/h3-11,16,18H,12-15,17H2,1-2H3,(H,26,30). The Morgan fingerprint density at radius 3 is 2.62 bits per heavy atom. The molecule has 1 aliphatic heterocycles. The number of aromatic nitrogens is 2. The monoisotopic (exact) mass is 432 g/mol. The summed E-state index contributed by atoms with van der Waals surface area (Å²) in [6.45, 7) is 7.20. The number of para-hydroxylation sites is 1. The van der Waals surface area contributed by atoms with Crippen LogP contribution in [0.5, 0.6) is 5.75 Å². The van der Waals surface area contributed by atoms with Crippen LogP contribution in [-0.2, 0) is 9.53 Å². The molecule has 1 aliphatic rings. The molecule has 1 saturated heterocycles. The van der Waals surface area contributed by atoms with Crippen LogP contribution in [0.4, 0.5) is 11.5 Å². The first-order valence-electron chi connectivity index (χ1n) is 10.9. The summed E-state index contributed by atoms with van der Waals surface area (Å²) in [5, 5.41) is 11.6. The second kappa shape index (κ2) is 10.2. The van der Waals surface area contributed by atoms with Crippen LogP contribution in [0.25, 0.3) is 11.3 Å². The van der Waals surface area contributed by atoms with Gasteiger partial charge in [0.2, 0.25) is 0 Å². The van der Waals surface area contributed by atoms with Crippen LogP contribution in [-0.4, -0.2) is 49.0 Å². The van der Waals surface area contributed by atoms with Crippen LogP contribution in [0.15, 0.2) is 60.7 Å². The highest BCUT2D eigenvalue weighted by Gasteiger charge is 2.14. The molecular weight excluding hydrogens is 404 g/mol. The van der Waals surface area contributed by atoms with Gasteiger partial charge in [0.15, 0.2) is 12.4 Å². The van der Waals surface area contributed by atoms with E-state index in [0.717, 1.165) is 41.5 Å². The third-order valence-electron chi connectivity index (χ3n) is 5.33. The van der Waals surface area contributed by atoms with Gasteiger partial charge in [0, 0.05) is 24.3 Å². The average Bonchev–Trinajstić information content (AvgIpc) is 2.84. The molecule has 0 unspecified atom stereocenters. The van der Waals surface area contributed by atoms with Crippen LogP contribution >= 0.6 is 0 Å². The Bertz CT molecular complexity index is 1050. The van der Waals surface area contributed by atoms with Gasteiger partial charge >= 0.3 is 0 Å². The minimum absolute atomic E-state index is 0.0536. The molecule has 1 amide bonds. The van der Waals surface area contributed by atoms with Crippen molar-refractivity contribution in [2.45, 2.75) is 19.8 Å². The zero-order valence-electron chi connectivity index (χ0n) is 18.5. The fraction of sp³-hybridized carbons (Fsp3) is 0.320. The number of nitrogens with one attached hydrogen (secondary N) is 1. The van der Waals surface area contributed by atoms with Gasteiger partial charge in [-0.3, -0.25) is 4.79 Å². The predicted octanol–water partition coefficient (Wildman–Crippen LogP) is 4.12. The Balaban J connectivity index is 1.38. The first-order valence-corrected chi connectivity index (χ1v) is 10.9. The smallest absolute Gasteiger partial charge is 0.262 e. The van der Waals surface area contributed by atoms with Gasteiger partial charge in [0.1, 0.15) is 5.75 Å². The summed E-state index contributed by atoms with van der Waals surface area (Å²) in [6.07, 6.45) is 0. The number of morpholine rings is 1. The van der Waals surface area contributed by atoms with E-state index in [4.69, 9.17) is 9.47 Å². The second-order valence-electron chi connectivity index (χ2n) is 7.99. The number of benzene rings is 2. The van der Waals surface area contributed by atoms with Crippen molar-refractivity contribution < 1.29 is 14.3 Å². The summed E-state index contributed by atoms with van der Waals surface area (Å²) in [6, 6.07) is 19.3. The fourth-order valence-electron chi connectivity index (χ4n) is 3.63. The average molecular weight is 433 g/mol. The lowest BCUT2D eigenvalue weighted by Crippen LogP contribution is -2.36. The Hall–Kier alpha value is -3.45. The molecular formula is C25H28N4O3. The number of rotatable bonds is 7. The maximum absolute atomic E-state index is 12.5. The zero-order valence-corrected chi connectivity index (χ0v) is 18.5. The third kappa shape index (κ3) is 5.42. The van der Waals surface area contributed by atoms with E-state index >= 15 is 0 Å². The number of anilines is 2. The Labute approximate surface area is 188 Å². The molecule has 0 aliphatic carbocycles. The largest absolute Gasteiger partial charge is 0.483 e. The molecule has 0 radical (unpaired) electrons. The Morgan fingerprint density at radius 1 is 1.06 bits per heavy atom. The number of carbonyl (C=O) groups is 1. The molecule has 4 rings (SSSR count). The van der Waals surface area contributed by atoms with Gasteiger partial charge < -0.3 is 19.7 Å². The highest BCUT2D eigenvalue weighted by Crippen LogP contribution is 2.26. The minimum atomic E-state index is -0.213. The molecule has 2 aromatic carbocycles. The number of amides is 1. The van der Waals surface area contributed by atoms with Crippen molar-refractivity contribution in [1.29, 1.82) is 0 Å². The molecule has 2 heterocycles. The maximum atomic E-state index is 12.5. The molecule has 0 saturated carbocycles. The van der Waals surface area contributed by atoms with Gasteiger partial charge in [-0.1, -0.05) is 44.2 Å². The van der Waals surface area contributed by atoms with E-state index in [9.17, 15) is 4.79 Å². The minimum Gasteiger partial charge on any atom is -0.483 e. The Morgan fingerprint density at radius 2 is 1.88 bits per heavy atom. The number of ether oxygens (including phenoxy) is 2. The summed E-state index contributed by atoms with van der Waals surface area (Å²) in [7, 11) is 0. The number of carbonyl (C=O) groups excluding carboxylic acids is 1. The quantitative estimate of drug-likeness (QED) is 0.605. The van der Waals surface area contributed by atoms with Crippen molar-refractivity contribution in [1.82, 2.24) is 10.2 Å². The summed E-state index contributed by atoms with van der Waals surface area (Å²) >= 11 is 0. The Kier molecular flexibility index (Phi) is 6.97. The van der Waals surface area contributed by atoms with E-state index in [1.54, 1.807) is 0 Å². The number of hydrogen-bond acceptors (Lipinski definition) is 6. The van der Waals surface area contributed by atoms with Gasteiger partial charge in [-0.25, -0.2) is 0 Å². The summed E-state index contributed by atoms with van der Waals surface area (Å²) in [4.78, 5) is 14.6. The molecule has 0 bridgehead atoms. The molecule has 1 N–H and O–H groups in total. The molecule has 32 heavy (non-hydrogen) atoms. The predicted molar refractivity (Wildman–Crippen MR) is 125 cm³/mol. The second-order valence-corrected chi connectivity index (χ2v) is 7.99. The lowest BCUT2D eigenvalue weighted by atomic mass is 10.0. The van der Waals surface area contributed by atoms with Crippen LogP contribution < -0.4 is 15.0 Å². The van der Waals surface area contributed by atoms with Crippen LogP contribution in [0, 0.1) is 0 Å². The van der Waals surface area contributed by atoms with Crippen molar-refractivity contribution >= 4 is 17.4 Å². The first-order chi connectivity index (χ1) is 15.6. The van der Waals surface area contributed by atoms with Crippen molar-refractivity contribution in [2.75, 3.05) is 43.1 Å². The van der Waals surface area contributed by atoms with Gasteiger partial charge in [0.05, 0.1) is 18.9 Å². The van der Waals surface area contributed by atoms with E-state index in [1.165, 1.54) is 0 Å². The van der Waals surface area contributed by atoms with Crippen LogP contribution in [0.3, 0.4) is 0 Å². The van der Waals surface area contributed by atoms with Gasteiger partial charge in [-0.15, -0.1) is 10.2 Å². The van der Waals surface area contributed by atoms with Crippen molar-refractivity contribution in [3.05, 3.63) is 66.2 Å². The fourth-order valence-corrected chi connectivity index (χ4v) is 3.63. The molecule has 7 nitrogen and oxygen atoms in total. The first kappa shape index (κ1) is 21.8. The highest BCUT2D eigenvalue weighted by molar-refractivity contribution is 5.92. The lowest BCUT2D eigenvalue weighted by molar-refractivity contribution is -0.118.